The van der Waals surface area contributed by atoms with Gasteiger partial charge in [-0.15, -0.1) is 0 Å². The smallest absolute Gasteiger partial charge is 0.291 e. The fourth-order valence-electron chi connectivity index (χ4n) is 2.69. The van der Waals surface area contributed by atoms with Gasteiger partial charge in [-0.05, 0) is 5.56 Å². The molecule has 1 atom stereocenters. The van der Waals surface area contributed by atoms with Crippen LogP contribution in [0.1, 0.15) is 11.8 Å². The molecule has 0 aliphatic heterocycles. The lowest BCUT2D eigenvalue weighted by molar-refractivity contribution is -0.384. The summed E-state index contributed by atoms with van der Waals surface area (Å²) in [6.07, 6.45) is -0.965. The van der Waals surface area contributed by atoms with Crippen LogP contribution in [-0.2, 0) is 16.1 Å². The van der Waals surface area contributed by atoms with E-state index in [2.05, 4.69) is 4.98 Å². The van der Waals surface area contributed by atoms with E-state index in [4.69, 9.17) is 27.9 Å². The normalized spacial score (nSPS) is 11.8. The van der Waals surface area contributed by atoms with Crippen molar-refractivity contribution in [2.24, 2.45) is 0 Å². The molecule has 0 saturated carbocycles. The first-order valence-electron chi connectivity index (χ1n) is 8.25. The number of halogens is 2. The molecular formula is C19H13Cl2N3O5. The molecule has 148 valence electrons. The standard InChI is InChI=1S/C19H13Cl2N3O5/c20-17-16(13-7-4-8-14(9-13)24(27)28)23(19(26)18(21)22-17)15(10-25)29-11-12-5-2-1-3-6-12/h1-10,15H,11H2. The topological polar surface area (TPSA) is 104 Å². The fraction of sp³-hybridized carbons (Fsp3) is 0.105. The number of carbonyl (C=O) groups excluding carboxylic acids is 1. The number of carbonyl (C=O) groups is 1. The predicted molar refractivity (Wildman–Crippen MR) is 107 cm³/mol. The molecule has 0 saturated heterocycles. The Labute approximate surface area is 174 Å². The van der Waals surface area contributed by atoms with Crippen LogP contribution in [0.2, 0.25) is 10.3 Å². The molecule has 0 amide bonds. The Morgan fingerprint density at radius 1 is 1.14 bits per heavy atom. The molecule has 0 spiro atoms. The van der Waals surface area contributed by atoms with E-state index in [9.17, 15) is 19.7 Å². The molecule has 0 N–H and O–H groups in total. The number of nitrogens with zero attached hydrogens (tertiary/aromatic N) is 3. The van der Waals surface area contributed by atoms with Gasteiger partial charge in [-0.1, -0.05) is 65.7 Å². The number of ether oxygens (including phenoxy) is 1. The maximum absolute atomic E-state index is 12.7. The van der Waals surface area contributed by atoms with Gasteiger partial charge in [0.1, 0.15) is 0 Å². The third-order valence-corrected chi connectivity index (χ3v) is 4.50. The quantitative estimate of drug-likeness (QED) is 0.316. The third kappa shape index (κ3) is 4.51. The number of aromatic nitrogens is 2. The van der Waals surface area contributed by atoms with Crippen LogP contribution in [0, 0.1) is 10.1 Å². The van der Waals surface area contributed by atoms with Gasteiger partial charge in [-0.2, -0.15) is 0 Å². The largest absolute Gasteiger partial charge is 0.346 e. The molecule has 3 rings (SSSR count). The summed E-state index contributed by atoms with van der Waals surface area (Å²) in [6, 6.07) is 14.4. The Bertz CT molecular complexity index is 1120. The molecule has 0 radical (unpaired) electrons. The molecule has 0 aliphatic carbocycles. The molecule has 1 heterocycles. The van der Waals surface area contributed by atoms with Crippen molar-refractivity contribution in [3.63, 3.8) is 0 Å². The van der Waals surface area contributed by atoms with Crippen LogP contribution >= 0.6 is 23.2 Å². The van der Waals surface area contributed by atoms with Crippen LogP contribution in [0.4, 0.5) is 5.69 Å². The van der Waals surface area contributed by atoms with Crippen molar-refractivity contribution in [3.05, 3.63) is 90.9 Å². The Hall–Kier alpha value is -3.07. The van der Waals surface area contributed by atoms with Crippen LogP contribution in [0.3, 0.4) is 0 Å². The Balaban J connectivity index is 2.11. The minimum absolute atomic E-state index is 0.0186. The number of benzene rings is 2. The van der Waals surface area contributed by atoms with E-state index in [0.29, 0.717) is 6.29 Å². The summed E-state index contributed by atoms with van der Waals surface area (Å²) in [5, 5.41) is 10.4. The number of rotatable bonds is 7. The molecule has 0 fully saturated rings. The summed E-state index contributed by atoms with van der Waals surface area (Å²) in [4.78, 5) is 38.7. The Kier molecular flexibility index (Phi) is 6.38. The number of hydrogen-bond donors (Lipinski definition) is 0. The van der Waals surface area contributed by atoms with E-state index in [1.807, 2.05) is 6.07 Å². The number of hydrogen-bond acceptors (Lipinski definition) is 6. The molecule has 1 unspecified atom stereocenters. The van der Waals surface area contributed by atoms with Gasteiger partial charge in [0.15, 0.2) is 22.8 Å². The summed E-state index contributed by atoms with van der Waals surface area (Å²) in [5.41, 5.74) is -0.0748. The van der Waals surface area contributed by atoms with Crippen molar-refractivity contribution in [3.8, 4) is 11.3 Å². The lowest BCUT2D eigenvalue weighted by Crippen LogP contribution is -2.30. The zero-order valence-electron chi connectivity index (χ0n) is 14.7. The third-order valence-electron chi connectivity index (χ3n) is 3.99. The minimum Gasteiger partial charge on any atom is -0.346 e. The van der Waals surface area contributed by atoms with Crippen molar-refractivity contribution in [2.75, 3.05) is 0 Å². The molecule has 29 heavy (non-hydrogen) atoms. The fourth-order valence-corrected chi connectivity index (χ4v) is 3.19. The van der Waals surface area contributed by atoms with Crippen molar-refractivity contribution in [2.45, 2.75) is 12.8 Å². The van der Waals surface area contributed by atoms with Gasteiger partial charge in [-0.3, -0.25) is 24.3 Å². The van der Waals surface area contributed by atoms with E-state index >= 15 is 0 Å². The van der Waals surface area contributed by atoms with E-state index in [0.717, 1.165) is 10.1 Å². The Morgan fingerprint density at radius 3 is 2.52 bits per heavy atom. The SMILES string of the molecule is O=CC(OCc1ccccc1)n1c(-c2cccc([N+](=O)[O-])c2)c(Cl)nc(Cl)c1=O. The first-order chi connectivity index (χ1) is 13.9. The highest BCUT2D eigenvalue weighted by Crippen LogP contribution is 2.31. The lowest BCUT2D eigenvalue weighted by Gasteiger charge is -2.20. The Morgan fingerprint density at radius 2 is 1.86 bits per heavy atom. The summed E-state index contributed by atoms with van der Waals surface area (Å²) in [5.74, 6) is 0. The zero-order valence-corrected chi connectivity index (χ0v) is 16.2. The average molecular weight is 434 g/mol. The van der Waals surface area contributed by atoms with Gasteiger partial charge in [0.25, 0.3) is 11.2 Å². The average Bonchev–Trinajstić information content (AvgIpc) is 2.72. The monoisotopic (exact) mass is 433 g/mol. The van der Waals surface area contributed by atoms with E-state index in [1.165, 1.54) is 24.3 Å². The molecule has 1 aromatic heterocycles. The molecule has 0 aliphatic rings. The summed E-state index contributed by atoms with van der Waals surface area (Å²) >= 11 is 12.1. The maximum Gasteiger partial charge on any atom is 0.291 e. The second-order valence-corrected chi connectivity index (χ2v) is 6.56. The number of nitro groups is 1. The number of non-ortho nitro benzene ring substituents is 1. The van der Waals surface area contributed by atoms with Crippen LogP contribution in [0.15, 0.2) is 59.4 Å². The van der Waals surface area contributed by atoms with Gasteiger partial charge in [0.05, 0.1) is 17.2 Å². The predicted octanol–water partition coefficient (Wildman–Crippen LogP) is 4.04. The molecule has 10 heteroatoms. The van der Waals surface area contributed by atoms with Crippen molar-refractivity contribution < 1.29 is 14.5 Å². The zero-order chi connectivity index (χ0) is 21.0. The first kappa shape index (κ1) is 20.7. The van der Waals surface area contributed by atoms with Crippen LogP contribution in [0.5, 0.6) is 0 Å². The molecule has 8 nitrogen and oxygen atoms in total. The maximum atomic E-state index is 12.7. The van der Waals surface area contributed by atoms with Crippen molar-refractivity contribution >= 4 is 35.2 Å². The second-order valence-electron chi connectivity index (χ2n) is 5.85. The lowest BCUT2D eigenvalue weighted by atomic mass is 10.1. The molecular weight excluding hydrogens is 421 g/mol. The summed E-state index contributed by atoms with van der Waals surface area (Å²) in [6.45, 7) is 0.0304. The molecule has 2 aromatic carbocycles. The molecule has 3 aromatic rings. The van der Waals surface area contributed by atoms with Gasteiger partial charge < -0.3 is 4.74 Å². The minimum atomic E-state index is -1.38. The van der Waals surface area contributed by atoms with E-state index in [-0.39, 0.29) is 28.7 Å². The van der Waals surface area contributed by atoms with E-state index in [1.54, 1.807) is 24.3 Å². The first-order valence-corrected chi connectivity index (χ1v) is 9.01. The summed E-state index contributed by atoms with van der Waals surface area (Å²) < 4.78 is 6.55. The van der Waals surface area contributed by atoms with Gasteiger partial charge in [0, 0.05) is 17.7 Å². The van der Waals surface area contributed by atoms with Gasteiger partial charge in [0.2, 0.25) is 0 Å². The van der Waals surface area contributed by atoms with Gasteiger partial charge >= 0.3 is 0 Å². The van der Waals surface area contributed by atoms with Crippen LogP contribution in [0.25, 0.3) is 11.3 Å². The number of aldehydes is 1. The highest BCUT2D eigenvalue weighted by Gasteiger charge is 2.24. The molecule has 0 bridgehead atoms. The number of nitro benzene ring substituents is 1. The van der Waals surface area contributed by atoms with Crippen molar-refractivity contribution in [1.29, 1.82) is 0 Å². The van der Waals surface area contributed by atoms with Crippen LogP contribution in [-0.4, -0.2) is 20.8 Å². The van der Waals surface area contributed by atoms with Gasteiger partial charge in [-0.25, -0.2) is 4.98 Å². The summed E-state index contributed by atoms with van der Waals surface area (Å²) in [7, 11) is 0. The second kappa shape index (κ2) is 8.95. The highest BCUT2D eigenvalue weighted by atomic mass is 35.5. The van der Waals surface area contributed by atoms with Crippen molar-refractivity contribution in [1.82, 2.24) is 9.55 Å². The van der Waals surface area contributed by atoms with Crippen LogP contribution < -0.4 is 5.56 Å². The van der Waals surface area contributed by atoms with E-state index < -0.39 is 21.9 Å². The highest BCUT2D eigenvalue weighted by molar-refractivity contribution is 6.33.